The molecule has 0 aromatic heterocycles. The highest BCUT2D eigenvalue weighted by atomic mass is 16.8. The van der Waals surface area contributed by atoms with Crippen molar-refractivity contribution in [3.05, 3.63) is 11.6 Å². The lowest BCUT2D eigenvalue weighted by molar-refractivity contribution is -0.376. The monoisotopic (exact) mass is 1090 g/mol. The lowest BCUT2D eigenvalue weighted by atomic mass is 9.33. The van der Waals surface area contributed by atoms with Crippen LogP contribution in [0.1, 0.15) is 148 Å². The van der Waals surface area contributed by atoms with Crippen LogP contribution < -0.4 is 0 Å². The summed E-state index contributed by atoms with van der Waals surface area (Å²) in [5.74, 6) is -7.02. The van der Waals surface area contributed by atoms with E-state index in [4.69, 9.17) is 56.8 Å². The largest absolute Gasteiger partial charge is 0.469 e. The van der Waals surface area contributed by atoms with Gasteiger partial charge in [0.1, 0.15) is 12.7 Å². The zero-order valence-corrected chi connectivity index (χ0v) is 47.3. The van der Waals surface area contributed by atoms with Crippen LogP contribution >= 0.6 is 0 Å². The topological polar surface area (TPSA) is 264 Å². The molecule has 0 amide bonds. The van der Waals surface area contributed by atoms with E-state index in [0.29, 0.717) is 19.3 Å². The summed E-state index contributed by atoms with van der Waals surface area (Å²) in [4.78, 5) is 119. The maximum Gasteiger partial charge on any atom is 0.339 e. The minimum Gasteiger partial charge on any atom is -0.469 e. The Morgan fingerprint density at radius 1 is 0.584 bits per heavy atom. The average molecular weight is 1090 g/mol. The first kappa shape index (κ1) is 59.7. The Bertz CT molecular complexity index is 2400. The summed E-state index contributed by atoms with van der Waals surface area (Å²) >= 11 is 0. The van der Waals surface area contributed by atoms with E-state index in [2.05, 4.69) is 41.5 Å². The SMILES string of the molecule is COC(=O)[C@H]1O[C@@H](O[C@H]2[C@H](O[C@H]3CC[C@]4(C)[C@H]5C(=O)C=C6C7C[C@@](C)(C(=O)OC)CC[C@]7(C)CC[C@@]6(C)[C@]5(C)CC[C@H]4C3(C)C)O[C@H](COC(C)=O)[C@H](OC(C)=O)[C@@H]2OC(C)=O)[C@H](OC(C)=O)[C@@H](OC(C)=O)[C@@H]1OC(C)=O. The molecule has 0 aromatic carbocycles. The fourth-order valence-corrected chi connectivity index (χ4v) is 15.5. The third-order valence-corrected chi connectivity index (χ3v) is 19.3. The molecule has 2 aliphatic heterocycles. The van der Waals surface area contributed by atoms with Crippen LogP contribution in [0, 0.1) is 50.2 Å². The molecule has 7 rings (SSSR count). The second-order valence-electron chi connectivity index (χ2n) is 24.5. The van der Waals surface area contributed by atoms with Gasteiger partial charge >= 0.3 is 47.8 Å². The molecule has 21 heteroatoms. The number of esters is 8. The lowest BCUT2D eigenvalue weighted by Crippen LogP contribution is -2.69. The van der Waals surface area contributed by atoms with Gasteiger partial charge in [0.2, 0.25) is 6.29 Å². The van der Waals surface area contributed by atoms with E-state index >= 15 is 4.79 Å². The number of ketones is 1. The summed E-state index contributed by atoms with van der Waals surface area (Å²) in [5, 5.41) is 0. The summed E-state index contributed by atoms with van der Waals surface area (Å²) < 4.78 is 70.8. The van der Waals surface area contributed by atoms with Crippen molar-refractivity contribution in [2.75, 3.05) is 20.8 Å². The zero-order chi connectivity index (χ0) is 57.1. The van der Waals surface area contributed by atoms with Gasteiger partial charge < -0.3 is 56.8 Å². The van der Waals surface area contributed by atoms with Crippen molar-refractivity contribution < 1.29 is 100.0 Å². The number of methoxy groups -OCH3 is 2. The Balaban J connectivity index is 1.28. The second kappa shape index (κ2) is 21.9. The summed E-state index contributed by atoms with van der Waals surface area (Å²) in [7, 11) is 2.46. The number of allylic oxidation sites excluding steroid dienone is 2. The molecule has 77 heavy (non-hydrogen) atoms. The molecule has 1 unspecified atom stereocenters. The van der Waals surface area contributed by atoms with Gasteiger partial charge in [-0.15, -0.1) is 0 Å². The smallest absolute Gasteiger partial charge is 0.339 e. The van der Waals surface area contributed by atoms with Crippen molar-refractivity contribution in [3.8, 4) is 0 Å². The Morgan fingerprint density at radius 3 is 1.70 bits per heavy atom. The molecular formula is C56H80O21. The van der Waals surface area contributed by atoms with Gasteiger partial charge in [-0.1, -0.05) is 47.1 Å². The van der Waals surface area contributed by atoms with Crippen LogP contribution in [-0.4, -0.2) is 142 Å². The number of hydrogen-bond acceptors (Lipinski definition) is 21. The van der Waals surface area contributed by atoms with Crippen molar-refractivity contribution in [2.45, 2.75) is 215 Å². The maximum atomic E-state index is 15.3. The van der Waals surface area contributed by atoms with Crippen LogP contribution in [0.15, 0.2) is 11.6 Å². The van der Waals surface area contributed by atoms with Gasteiger partial charge in [-0.05, 0) is 110 Å². The molecule has 7 aliphatic rings. The molecule has 0 radical (unpaired) electrons. The standard InChI is InChI=1S/C56H80O21/c1-27(57)68-26-36-39(69-28(2)58)40(70-29(3)59)45(77-49-44(73-32(6)62)42(72-31(5)61)41(71-30(4)60)43(76-49)47(64)66-14)48(74-36)75-38-17-18-54(11)37(51(38,7)8)16-19-56(13)46(54)35(63)24-33-34-25-53(10,50(65)67-15)21-20-52(34,9)22-23-55(33,56)12/h24,34,36-46,48-49H,16-23,25-26H2,1-15H3/t34?,36-,37+,38+,39+,40+,41+,42+,43+,44-,45-,46-,48+,49+,52-,53+,54+,55-,56-/m1/s1. The van der Waals surface area contributed by atoms with Crippen molar-refractivity contribution in [1.29, 1.82) is 0 Å². The fraction of sp³-hybridized carbons (Fsp3) is 0.804. The van der Waals surface area contributed by atoms with Crippen LogP contribution in [0.25, 0.3) is 0 Å². The lowest BCUT2D eigenvalue weighted by Gasteiger charge is -2.70. The van der Waals surface area contributed by atoms with E-state index in [1.807, 2.05) is 13.0 Å². The Kier molecular flexibility index (Phi) is 17.0. The van der Waals surface area contributed by atoms with Crippen molar-refractivity contribution >= 4 is 53.5 Å². The molecule has 0 bridgehead atoms. The molecule has 0 spiro atoms. The van der Waals surface area contributed by atoms with E-state index in [0.717, 1.165) is 92.8 Å². The summed E-state index contributed by atoms with van der Waals surface area (Å²) in [6.45, 7) is 21.2. The molecule has 6 fully saturated rings. The van der Waals surface area contributed by atoms with Gasteiger partial charge in [-0.3, -0.25) is 38.4 Å². The van der Waals surface area contributed by atoms with Gasteiger partial charge in [0, 0.05) is 47.5 Å². The Hall–Kier alpha value is -4.99. The molecule has 0 N–H and O–H groups in total. The van der Waals surface area contributed by atoms with Crippen LogP contribution in [0.2, 0.25) is 0 Å². The van der Waals surface area contributed by atoms with Gasteiger partial charge in [-0.25, -0.2) is 4.79 Å². The minimum atomic E-state index is -1.96. The molecular weight excluding hydrogens is 1010 g/mol. The molecule has 4 saturated carbocycles. The van der Waals surface area contributed by atoms with Gasteiger partial charge in [-0.2, -0.15) is 0 Å². The van der Waals surface area contributed by atoms with E-state index in [1.165, 1.54) is 7.11 Å². The average Bonchev–Trinajstić information content (AvgIpc) is 3.36. The van der Waals surface area contributed by atoms with Crippen molar-refractivity contribution in [3.63, 3.8) is 0 Å². The molecule has 5 aliphatic carbocycles. The fourth-order valence-electron chi connectivity index (χ4n) is 15.5. The van der Waals surface area contributed by atoms with Crippen LogP contribution in [0.5, 0.6) is 0 Å². The number of hydrogen-bond donors (Lipinski definition) is 0. The highest BCUT2D eigenvalue weighted by molar-refractivity contribution is 5.96. The second-order valence-corrected chi connectivity index (χ2v) is 24.5. The first-order valence-corrected chi connectivity index (χ1v) is 26.8. The maximum absolute atomic E-state index is 15.3. The Morgan fingerprint density at radius 2 is 1.13 bits per heavy atom. The molecule has 2 saturated heterocycles. The summed E-state index contributed by atoms with van der Waals surface area (Å²) in [5.41, 5.74) is -1.67. The number of fused-ring (bicyclic) bond motifs is 7. The van der Waals surface area contributed by atoms with Gasteiger partial charge in [0.05, 0.1) is 25.7 Å². The highest BCUT2D eigenvalue weighted by Crippen LogP contribution is 2.75. The van der Waals surface area contributed by atoms with Crippen molar-refractivity contribution in [1.82, 2.24) is 0 Å². The number of carbonyl (C=O) groups excluding carboxylic acids is 9. The first-order valence-electron chi connectivity index (χ1n) is 26.8. The normalized spacial score (nSPS) is 41.9. The third-order valence-electron chi connectivity index (χ3n) is 19.3. The van der Waals surface area contributed by atoms with Gasteiger partial charge in [0.25, 0.3) is 0 Å². The number of carbonyl (C=O) groups is 9. The molecule has 2 heterocycles. The van der Waals surface area contributed by atoms with E-state index in [9.17, 15) is 38.4 Å². The summed E-state index contributed by atoms with van der Waals surface area (Å²) in [6, 6.07) is 0. The number of rotatable bonds is 13. The van der Waals surface area contributed by atoms with E-state index in [1.54, 1.807) is 0 Å². The molecule has 0 aromatic rings. The van der Waals surface area contributed by atoms with E-state index < -0.39 is 138 Å². The first-order chi connectivity index (χ1) is 35.8. The minimum absolute atomic E-state index is 0.0241. The van der Waals surface area contributed by atoms with Crippen LogP contribution in [-0.2, 0) is 100.0 Å². The molecule has 430 valence electrons. The predicted molar refractivity (Wildman–Crippen MR) is 265 cm³/mol. The molecule has 21 nitrogen and oxygen atoms in total. The van der Waals surface area contributed by atoms with Gasteiger partial charge in [0.15, 0.2) is 54.8 Å². The Labute approximate surface area is 450 Å². The van der Waals surface area contributed by atoms with Crippen LogP contribution in [0.4, 0.5) is 0 Å². The zero-order valence-electron chi connectivity index (χ0n) is 47.3. The predicted octanol–water partition coefficient (Wildman–Crippen LogP) is 5.75. The molecule has 19 atom stereocenters. The van der Waals surface area contributed by atoms with Crippen molar-refractivity contribution in [2.24, 2.45) is 50.2 Å². The third kappa shape index (κ3) is 10.9. The highest BCUT2D eigenvalue weighted by Gasteiger charge is 2.71. The van der Waals surface area contributed by atoms with Crippen LogP contribution in [0.3, 0.4) is 0 Å². The number of ether oxygens (including phenoxy) is 12. The summed E-state index contributed by atoms with van der Waals surface area (Å²) in [6.07, 6.45) is -9.51. The quantitative estimate of drug-likeness (QED) is 0.121. The van der Waals surface area contributed by atoms with E-state index in [-0.39, 0.29) is 40.3 Å².